The molecule has 2 aromatic heterocycles. The molecular weight excluding hydrogens is 374 g/mol. The Bertz CT molecular complexity index is 1010. The summed E-state index contributed by atoms with van der Waals surface area (Å²) in [6, 6.07) is 9.50. The molecule has 0 fully saturated rings. The van der Waals surface area contributed by atoms with Gasteiger partial charge in [-0.15, -0.1) is 11.3 Å². The quantitative estimate of drug-likeness (QED) is 0.692. The molecule has 1 amide bonds. The van der Waals surface area contributed by atoms with Crippen LogP contribution in [0.4, 0.5) is 5.13 Å². The first-order valence-electron chi connectivity index (χ1n) is 9.38. The van der Waals surface area contributed by atoms with Crippen LogP contribution in [-0.2, 0) is 11.3 Å². The van der Waals surface area contributed by atoms with Crippen LogP contribution < -0.4 is 14.8 Å². The van der Waals surface area contributed by atoms with Crippen molar-refractivity contribution in [2.24, 2.45) is 0 Å². The number of aryl methyl sites for hydroxylation is 1. The van der Waals surface area contributed by atoms with Gasteiger partial charge in [0.25, 0.3) is 5.91 Å². The number of rotatable bonds is 5. The van der Waals surface area contributed by atoms with Crippen LogP contribution >= 0.6 is 11.3 Å². The molecule has 0 bridgehead atoms. The molecule has 1 aliphatic rings. The number of hydrogen-bond donors (Lipinski definition) is 1. The number of aromatic nitrogens is 2. The number of anilines is 1. The van der Waals surface area contributed by atoms with Crippen molar-refractivity contribution in [1.82, 2.24) is 9.55 Å². The van der Waals surface area contributed by atoms with E-state index in [1.807, 2.05) is 23.6 Å². The number of thiazole rings is 1. The molecule has 0 saturated heterocycles. The number of para-hydroxylation sites is 2. The van der Waals surface area contributed by atoms with E-state index in [1.54, 1.807) is 6.07 Å². The Morgan fingerprint density at radius 1 is 1.32 bits per heavy atom. The number of benzene rings is 1. The van der Waals surface area contributed by atoms with Crippen molar-refractivity contribution in [2.75, 3.05) is 11.9 Å². The van der Waals surface area contributed by atoms with Crippen LogP contribution in [-0.4, -0.2) is 28.2 Å². The van der Waals surface area contributed by atoms with E-state index in [9.17, 15) is 4.79 Å². The summed E-state index contributed by atoms with van der Waals surface area (Å²) in [5, 5.41) is 5.39. The van der Waals surface area contributed by atoms with E-state index in [-0.39, 0.29) is 12.5 Å². The number of fused-ring (bicyclic) bond motifs is 1. The van der Waals surface area contributed by atoms with Gasteiger partial charge in [-0.3, -0.25) is 10.1 Å². The lowest BCUT2D eigenvalue weighted by Crippen LogP contribution is -2.40. The number of carbonyl (C=O) groups is 1. The second-order valence-corrected chi connectivity index (χ2v) is 7.69. The summed E-state index contributed by atoms with van der Waals surface area (Å²) in [7, 11) is 0. The fourth-order valence-electron chi connectivity index (χ4n) is 3.42. The van der Waals surface area contributed by atoms with Gasteiger partial charge in [-0.05, 0) is 38.5 Å². The average molecular weight is 398 g/mol. The summed E-state index contributed by atoms with van der Waals surface area (Å²) in [4.78, 5) is 17.2. The van der Waals surface area contributed by atoms with E-state index in [4.69, 9.17) is 9.47 Å². The maximum atomic E-state index is 12.6. The van der Waals surface area contributed by atoms with E-state index in [2.05, 4.69) is 41.7 Å². The normalized spacial score (nSPS) is 15.5. The van der Waals surface area contributed by atoms with Crippen LogP contribution in [0.2, 0.25) is 0 Å². The highest BCUT2D eigenvalue weighted by molar-refractivity contribution is 7.14. The fourth-order valence-corrected chi connectivity index (χ4v) is 4.13. The van der Waals surface area contributed by atoms with Crippen molar-refractivity contribution >= 4 is 22.4 Å². The average Bonchev–Trinajstić information content (AvgIpc) is 3.27. The molecule has 6 nitrogen and oxygen atoms in total. The highest BCUT2D eigenvalue weighted by Gasteiger charge is 2.28. The Balaban J connectivity index is 1.47. The number of nitrogens with one attached hydrogen (secondary N) is 1. The molecule has 0 spiro atoms. The molecule has 3 heterocycles. The van der Waals surface area contributed by atoms with Crippen molar-refractivity contribution in [2.45, 2.75) is 39.8 Å². The van der Waals surface area contributed by atoms with Crippen molar-refractivity contribution in [1.29, 1.82) is 0 Å². The van der Waals surface area contributed by atoms with Crippen LogP contribution in [0.25, 0.3) is 11.3 Å². The molecule has 0 radical (unpaired) electrons. The molecule has 1 N–H and O–H groups in total. The van der Waals surface area contributed by atoms with Gasteiger partial charge in [0.15, 0.2) is 16.6 Å². The summed E-state index contributed by atoms with van der Waals surface area (Å²) in [5.74, 6) is 0.981. The van der Waals surface area contributed by atoms with Gasteiger partial charge in [0, 0.05) is 28.9 Å². The largest absolute Gasteiger partial charge is 0.485 e. The number of amides is 1. The second-order valence-electron chi connectivity index (χ2n) is 6.83. The molecule has 1 atom stereocenters. The summed E-state index contributed by atoms with van der Waals surface area (Å²) < 4.78 is 13.7. The van der Waals surface area contributed by atoms with Gasteiger partial charge in [-0.25, -0.2) is 4.98 Å². The molecule has 1 aliphatic heterocycles. The Hall–Kier alpha value is -2.80. The van der Waals surface area contributed by atoms with Gasteiger partial charge >= 0.3 is 0 Å². The van der Waals surface area contributed by atoms with Crippen LogP contribution in [0.1, 0.15) is 24.7 Å². The maximum Gasteiger partial charge on any atom is 0.270 e. The first-order valence-corrected chi connectivity index (χ1v) is 10.3. The minimum absolute atomic E-state index is 0.180. The lowest BCUT2D eigenvalue weighted by molar-refractivity contribution is -0.125. The van der Waals surface area contributed by atoms with Crippen LogP contribution in [0.5, 0.6) is 11.5 Å². The molecule has 1 unspecified atom stereocenters. The SMILES string of the molecule is CCCn1c(C)cc(-c2csc(NC(=O)C3COc4ccccc4O3)n2)c1C. The zero-order valence-electron chi connectivity index (χ0n) is 16.2. The van der Waals surface area contributed by atoms with Gasteiger partial charge in [0.05, 0.1) is 5.69 Å². The fraction of sp³-hybridized carbons (Fsp3) is 0.333. The highest BCUT2D eigenvalue weighted by atomic mass is 32.1. The summed E-state index contributed by atoms with van der Waals surface area (Å²) in [5.41, 5.74) is 4.40. The van der Waals surface area contributed by atoms with E-state index >= 15 is 0 Å². The van der Waals surface area contributed by atoms with Gasteiger partial charge < -0.3 is 14.0 Å². The standard InChI is InChI=1S/C21H23N3O3S/c1-4-9-24-13(2)10-15(14(24)3)16-12-28-21(22-16)23-20(25)19-11-26-17-7-5-6-8-18(17)27-19/h5-8,10,12,19H,4,9,11H2,1-3H3,(H,22,23,25). The van der Waals surface area contributed by atoms with Crippen molar-refractivity contribution < 1.29 is 14.3 Å². The summed E-state index contributed by atoms with van der Waals surface area (Å²) in [6.07, 6.45) is 0.387. The third kappa shape index (κ3) is 3.49. The third-order valence-electron chi connectivity index (χ3n) is 4.83. The summed E-state index contributed by atoms with van der Waals surface area (Å²) >= 11 is 1.41. The van der Waals surface area contributed by atoms with Crippen LogP contribution in [0.15, 0.2) is 35.7 Å². The third-order valence-corrected chi connectivity index (χ3v) is 5.59. The lowest BCUT2D eigenvalue weighted by Gasteiger charge is -2.25. The van der Waals surface area contributed by atoms with E-state index in [1.165, 1.54) is 22.7 Å². The van der Waals surface area contributed by atoms with Gasteiger partial charge in [-0.1, -0.05) is 19.1 Å². The lowest BCUT2D eigenvalue weighted by atomic mass is 10.2. The Morgan fingerprint density at radius 2 is 2.11 bits per heavy atom. The van der Waals surface area contributed by atoms with Crippen molar-refractivity contribution in [3.8, 4) is 22.8 Å². The maximum absolute atomic E-state index is 12.6. The molecule has 146 valence electrons. The van der Waals surface area contributed by atoms with Gasteiger partial charge in [-0.2, -0.15) is 0 Å². The number of hydrogen-bond acceptors (Lipinski definition) is 5. The predicted octanol–water partition coefficient (Wildman–Crippen LogP) is 4.42. The first-order chi connectivity index (χ1) is 13.6. The zero-order chi connectivity index (χ0) is 19.7. The minimum atomic E-state index is -0.697. The van der Waals surface area contributed by atoms with E-state index in [0.29, 0.717) is 16.6 Å². The van der Waals surface area contributed by atoms with Crippen molar-refractivity contribution in [3.63, 3.8) is 0 Å². The Morgan fingerprint density at radius 3 is 2.89 bits per heavy atom. The number of ether oxygens (including phenoxy) is 2. The van der Waals surface area contributed by atoms with Gasteiger partial charge in [0.2, 0.25) is 6.10 Å². The van der Waals surface area contributed by atoms with E-state index in [0.717, 1.165) is 24.2 Å². The highest BCUT2D eigenvalue weighted by Crippen LogP contribution is 2.32. The predicted molar refractivity (Wildman–Crippen MR) is 110 cm³/mol. The Labute approximate surface area is 168 Å². The Kier molecular flexibility index (Phi) is 5.09. The smallest absolute Gasteiger partial charge is 0.270 e. The molecule has 1 aromatic carbocycles. The molecule has 0 saturated carbocycles. The van der Waals surface area contributed by atoms with Crippen LogP contribution in [0.3, 0.4) is 0 Å². The molecule has 7 heteroatoms. The van der Waals surface area contributed by atoms with Crippen LogP contribution in [0, 0.1) is 13.8 Å². The number of carbonyl (C=O) groups excluding carboxylic acids is 1. The number of nitrogens with zero attached hydrogens (tertiary/aromatic N) is 2. The zero-order valence-corrected chi connectivity index (χ0v) is 17.0. The van der Waals surface area contributed by atoms with Gasteiger partial charge in [0.1, 0.15) is 6.61 Å². The molecular formula is C21H23N3O3S. The minimum Gasteiger partial charge on any atom is -0.485 e. The summed E-state index contributed by atoms with van der Waals surface area (Å²) in [6.45, 7) is 7.56. The molecule has 3 aromatic rings. The first kappa shape index (κ1) is 18.6. The monoisotopic (exact) mass is 397 g/mol. The molecule has 4 rings (SSSR count). The second kappa shape index (κ2) is 7.67. The van der Waals surface area contributed by atoms with Crippen molar-refractivity contribution in [3.05, 3.63) is 47.1 Å². The molecule has 0 aliphatic carbocycles. The topological polar surface area (TPSA) is 65.4 Å². The molecule has 28 heavy (non-hydrogen) atoms. The van der Waals surface area contributed by atoms with E-state index < -0.39 is 6.10 Å².